The molecule has 0 saturated heterocycles. The van der Waals surface area contributed by atoms with E-state index in [-0.39, 0.29) is 22.8 Å². The van der Waals surface area contributed by atoms with Gasteiger partial charge in [0.1, 0.15) is 11.4 Å². The second kappa shape index (κ2) is 10.4. The highest BCUT2D eigenvalue weighted by Gasteiger charge is 2.25. The minimum Gasteiger partial charge on any atom is -0.444 e. The van der Waals surface area contributed by atoms with Crippen LogP contribution in [-0.2, 0) is 14.8 Å². The van der Waals surface area contributed by atoms with Gasteiger partial charge in [-0.1, -0.05) is 42.5 Å². The molecule has 0 unspecified atom stereocenters. The summed E-state index contributed by atoms with van der Waals surface area (Å²) >= 11 is 0. The van der Waals surface area contributed by atoms with Gasteiger partial charge in [-0.25, -0.2) is 22.9 Å². The quantitative estimate of drug-likeness (QED) is 0.493. The van der Waals surface area contributed by atoms with Crippen LogP contribution in [-0.4, -0.2) is 48.1 Å². The Balaban J connectivity index is 1.62. The zero-order valence-electron chi connectivity index (χ0n) is 20.3. The van der Waals surface area contributed by atoms with Gasteiger partial charge in [-0.2, -0.15) is 4.98 Å². The van der Waals surface area contributed by atoms with Crippen molar-refractivity contribution in [1.29, 1.82) is 0 Å². The normalized spacial score (nSPS) is 14.1. The van der Waals surface area contributed by atoms with Crippen LogP contribution in [0.15, 0.2) is 77.7 Å². The van der Waals surface area contributed by atoms with E-state index in [0.717, 1.165) is 5.57 Å². The average molecular weight is 509 g/mol. The number of aromatic nitrogens is 2. The number of sulfonamides is 1. The number of benzene rings is 2. The number of nitrogens with zero attached hydrogens (tertiary/aromatic N) is 3. The zero-order chi connectivity index (χ0) is 25.8. The number of para-hydroxylation sites is 1. The number of amides is 1. The maximum atomic E-state index is 12.9. The largest absolute Gasteiger partial charge is 0.444 e. The Hall–Kier alpha value is -3.92. The van der Waals surface area contributed by atoms with Crippen molar-refractivity contribution in [3.05, 3.63) is 78.5 Å². The molecule has 4 rings (SSSR count). The van der Waals surface area contributed by atoms with E-state index >= 15 is 0 Å². The lowest BCUT2D eigenvalue weighted by atomic mass is 10.0. The Bertz CT molecular complexity index is 1350. The first-order chi connectivity index (χ1) is 17.1. The van der Waals surface area contributed by atoms with E-state index in [2.05, 4.69) is 14.7 Å². The van der Waals surface area contributed by atoms with Crippen LogP contribution in [0, 0.1) is 0 Å². The van der Waals surface area contributed by atoms with Gasteiger partial charge in [-0.05, 0) is 57.0 Å². The third-order valence-corrected chi connectivity index (χ3v) is 6.48. The number of carbonyl (C=O) groups is 1. The molecule has 3 aromatic rings. The van der Waals surface area contributed by atoms with Crippen LogP contribution in [0.25, 0.3) is 5.57 Å². The van der Waals surface area contributed by atoms with Gasteiger partial charge in [0.05, 0.1) is 10.6 Å². The minimum absolute atomic E-state index is 0.0921. The van der Waals surface area contributed by atoms with Crippen molar-refractivity contribution in [1.82, 2.24) is 14.9 Å². The molecule has 2 aromatic carbocycles. The first kappa shape index (κ1) is 25.2. The molecule has 188 valence electrons. The number of carbonyl (C=O) groups excluding carboxylic acids is 1. The van der Waals surface area contributed by atoms with Gasteiger partial charge < -0.3 is 14.4 Å². The molecule has 1 amide bonds. The van der Waals surface area contributed by atoms with Crippen LogP contribution in [0.3, 0.4) is 0 Å². The van der Waals surface area contributed by atoms with Gasteiger partial charge in [-0.15, -0.1) is 0 Å². The highest BCUT2D eigenvalue weighted by molar-refractivity contribution is 7.92. The Morgan fingerprint density at radius 1 is 1.00 bits per heavy atom. The zero-order valence-corrected chi connectivity index (χ0v) is 21.2. The minimum atomic E-state index is -3.91. The third-order valence-electron chi connectivity index (χ3n) is 5.14. The van der Waals surface area contributed by atoms with Crippen LogP contribution >= 0.6 is 0 Å². The fraction of sp³-hybridized carbons (Fsp3) is 0.269. The SMILES string of the molecule is CC(C)(C)OC(=O)N1CC=C(c2cc(Oc3ccccc3)nc(NS(=O)(=O)c3ccccc3)n2)CC1. The fourth-order valence-corrected chi connectivity index (χ4v) is 4.43. The Labute approximate surface area is 210 Å². The van der Waals surface area contributed by atoms with Crippen LogP contribution in [0.5, 0.6) is 11.6 Å². The van der Waals surface area contributed by atoms with Crippen molar-refractivity contribution in [2.45, 2.75) is 37.7 Å². The van der Waals surface area contributed by atoms with Crippen molar-refractivity contribution in [2.24, 2.45) is 0 Å². The predicted octanol–water partition coefficient (Wildman–Crippen LogP) is 5.09. The van der Waals surface area contributed by atoms with E-state index in [1.807, 2.05) is 45.0 Å². The second-order valence-electron chi connectivity index (χ2n) is 9.15. The number of hydrogen-bond acceptors (Lipinski definition) is 7. The van der Waals surface area contributed by atoms with Gasteiger partial charge in [-0.3, -0.25) is 0 Å². The molecule has 0 fully saturated rings. The molecule has 0 spiro atoms. The number of anilines is 1. The fourth-order valence-electron chi connectivity index (χ4n) is 3.47. The van der Waals surface area contributed by atoms with Crippen LogP contribution in [0.2, 0.25) is 0 Å². The summed E-state index contributed by atoms with van der Waals surface area (Å²) in [5.41, 5.74) is 0.767. The van der Waals surface area contributed by atoms with E-state index in [9.17, 15) is 13.2 Å². The smallest absolute Gasteiger partial charge is 0.410 e. The summed E-state index contributed by atoms with van der Waals surface area (Å²) in [7, 11) is -3.91. The average Bonchev–Trinajstić information content (AvgIpc) is 2.84. The molecular weight excluding hydrogens is 480 g/mol. The molecule has 1 N–H and O–H groups in total. The van der Waals surface area contributed by atoms with Crippen molar-refractivity contribution < 1.29 is 22.7 Å². The molecule has 10 heteroatoms. The second-order valence-corrected chi connectivity index (χ2v) is 10.8. The molecule has 0 aliphatic carbocycles. The van der Waals surface area contributed by atoms with Crippen molar-refractivity contribution >= 4 is 27.6 Å². The third kappa shape index (κ3) is 6.60. The van der Waals surface area contributed by atoms with Gasteiger partial charge in [0.25, 0.3) is 10.0 Å². The molecule has 1 aliphatic heterocycles. The molecule has 0 bridgehead atoms. The Kier molecular flexibility index (Phi) is 7.25. The number of rotatable bonds is 6. The van der Waals surface area contributed by atoms with E-state index in [1.54, 1.807) is 41.3 Å². The molecular formula is C26H28N4O5S. The summed E-state index contributed by atoms with van der Waals surface area (Å²) in [6, 6.07) is 18.7. The Morgan fingerprint density at radius 3 is 2.28 bits per heavy atom. The molecule has 1 aromatic heterocycles. The molecule has 0 radical (unpaired) electrons. The van der Waals surface area contributed by atoms with Crippen LogP contribution in [0.4, 0.5) is 10.7 Å². The molecule has 9 nitrogen and oxygen atoms in total. The number of nitrogens with one attached hydrogen (secondary N) is 1. The number of hydrogen-bond donors (Lipinski definition) is 1. The molecule has 0 saturated carbocycles. The summed E-state index contributed by atoms with van der Waals surface area (Å²) in [4.78, 5) is 22.8. The van der Waals surface area contributed by atoms with Gasteiger partial charge in [0.15, 0.2) is 0 Å². The van der Waals surface area contributed by atoms with Gasteiger partial charge in [0, 0.05) is 19.2 Å². The molecule has 36 heavy (non-hydrogen) atoms. The van der Waals surface area contributed by atoms with Gasteiger partial charge in [0.2, 0.25) is 11.8 Å². The van der Waals surface area contributed by atoms with E-state index in [1.165, 1.54) is 12.1 Å². The maximum absolute atomic E-state index is 12.9. The monoisotopic (exact) mass is 508 g/mol. The molecule has 2 heterocycles. The topological polar surface area (TPSA) is 111 Å². The summed E-state index contributed by atoms with van der Waals surface area (Å²) in [5.74, 6) is 0.623. The predicted molar refractivity (Wildman–Crippen MR) is 136 cm³/mol. The van der Waals surface area contributed by atoms with Crippen molar-refractivity contribution in [3.8, 4) is 11.6 Å². The van der Waals surface area contributed by atoms with E-state index < -0.39 is 15.6 Å². The molecule has 0 atom stereocenters. The summed E-state index contributed by atoms with van der Waals surface area (Å²) in [6.45, 7) is 6.24. The lowest BCUT2D eigenvalue weighted by molar-refractivity contribution is 0.0270. The standard InChI is InChI=1S/C26H28N4O5S/c1-26(2,3)35-25(31)30-16-14-19(15-17-30)22-18-23(34-20-10-6-4-7-11-20)28-24(27-22)29-36(32,33)21-12-8-5-9-13-21/h4-14,18H,15-17H2,1-3H3,(H,27,28,29). The van der Waals surface area contributed by atoms with Crippen LogP contribution in [0.1, 0.15) is 32.9 Å². The highest BCUT2D eigenvalue weighted by atomic mass is 32.2. The number of ether oxygens (including phenoxy) is 2. The van der Waals surface area contributed by atoms with Gasteiger partial charge >= 0.3 is 6.09 Å². The van der Waals surface area contributed by atoms with Crippen molar-refractivity contribution in [3.63, 3.8) is 0 Å². The Morgan fingerprint density at radius 2 is 1.67 bits per heavy atom. The lowest BCUT2D eigenvalue weighted by Crippen LogP contribution is -2.39. The summed E-state index contributed by atoms with van der Waals surface area (Å²) in [6.07, 6.45) is 1.99. The summed E-state index contributed by atoms with van der Waals surface area (Å²) < 4.78 is 39.6. The first-order valence-corrected chi connectivity index (χ1v) is 12.9. The van der Waals surface area contributed by atoms with E-state index in [4.69, 9.17) is 9.47 Å². The van der Waals surface area contributed by atoms with E-state index in [0.29, 0.717) is 31.0 Å². The first-order valence-electron chi connectivity index (χ1n) is 11.5. The van der Waals surface area contributed by atoms with Crippen LogP contribution < -0.4 is 9.46 Å². The maximum Gasteiger partial charge on any atom is 0.410 e. The summed E-state index contributed by atoms with van der Waals surface area (Å²) in [5, 5.41) is 0. The molecule has 1 aliphatic rings. The van der Waals surface area contributed by atoms with Crippen molar-refractivity contribution in [2.75, 3.05) is 17.8 Å². The highest BCUT2D eigenvalue weighted by Crippen LogP contribution is 2.28. The lowest BCUT2D eigenvalue weighted by Gasteiger charge is -2.29.